The van der Waals surface area contributed by atoms with Gasteiger partial charge < -0.3 is 14.6 Å². The molecular weight excluding hydrogens is 144 g/mol. The van der Waals surface area contributed by atoms with E-state index in [1.165, 1.54) is 0 Å². The van der Waals surface area contributed by atoms with Gasteiger partial charge in [-0.15, -0.1) is 0 Å². The summed E-state index contributed by atoms with van der Waals surface area (Å²) in [7, 11) is 1.64. The zero-order valence-electron chi connectivity index (χ0n) is 7.01. The van der Waals surface area contributed by atoms with Crippen LogP contribution in [-0.4, -0.2) is 37.6 Å². The Labute approximate surface area is 67.3 Å². The largest absolute Gasteiger partial charge is 0.387 e. The number of hydrogen-bond acceptors (Lipinski definition) is 3. The average molecular weight is 160 g/mol. The number of ether oxygens (including phenoxy) is 2. The predicted molar refractivity (Wildman–Crippen MR) is 41.5 cm³/mol. The molecule has 0 bridgehead atoms. The first kappa shape index (κ1) is 8.97. The van der Waals surface area contributed by atoms with E-state index in [1.807, 2.05) is 0 Å². The second-order valence-electron chi connectivity index (χ2n) is 3.12. The average Bonchev–Trinajstić information content (AvgIpc) is 1.95. The number of hydrogen-bond donors (Lipinski definition) is 1. The smallest absolute Gasteiger partial charge is 0.0880 e. The maximum Gasteiger partial charge on any atom is 0.0880 e. The predicted octanol–water partition coefficient (Wildman–Crippen LogP) is 0.564. The van der Waals surface area contributed by atoms with Crippen molar-refractivity contribution >= 4 is 0 Å². The summed E-state index contributed by atoms with van der Waals surface area (Å²) >= 11 is 0. The van der Waals surface area contributed by atoms with Gasteiger partial charge in [0.25, 0.3) is 0 Å². The van der Waals surface area contributed by atoms with Gasteiger partial charge in [0.2, 0.25) is 0 Å². The SMILES string of the molecule is COCCOCC1(O)CCC1. The fraction of sp³-hybridized carbons (Fsp3) is 1.00. The van der Waals surface area contributed by atoms with E-state index in [1.54, 1.807) is 7.11 Å². The van der Waals surface area contributed by atoms with E-state index >= 15 is 0 Å². The highest BCUT2D eigenvalue weighted by atomic mass is 16.5. The molecule has 1 N–H and O–H groups in total. The summed E-state index contributed by atoms with van der Waals surface area (Å²) in [6.45, 7) is 1.66. The van der Waals surface area contributed by atoms with Gasteiger partial charge in [0.05, 0.1) is 25.4 Å². The van der Waals surface area contributed by atoms with Crippen molar-refractivity contribution in [2.24, 2.45) is 0 Å². The van der Waals surface area contributed by atoms with Gasteiger partial charge >= 0.3 is 0 Å². The highest BCUT2D eigenvalue weighted by Gasteiger charge is 2.34. The molecule has 1 aliphatic rings. The van der Waals surface area contributed by atoms with Crippen molar-refractivity contribution in [1.29, 1.82) is 0 Å². The Morgan fingerprint density at radius 1 is 1.36 bits per heavy atom. The van der Waals surface area contributed by atoms with Gasteiger partial charge in [-0.25, -0.2) is 0 Å². The molecule has 0 unspecified atom stereocenters. The van der Waals surface area contributed by atoms with Gasteiger partial charge in [0.1, 0.15) is 0 Å². The lowest BCUT2D eigenvalue weighted by Crippen LogP contribution is -2.41. The van der Waals surface area contributed by atoms with Crippen molar-refractivity contribution in [2.45, 2.75) is 24.9 Å². The molecule has 66 valence electrons. The summed E-state index contributed by atoms with van der Waals surface area (Å²) in [5.41, 5.74) is -0.506. The molecule has 0 atom stereocenters. The molecule has 1 rings (SSSR count). The van der Waals surface area contributed by atoms with Crippen LogP contribution in [0.4, 0.5) is 0 Å². The molecule has 0 aromatic heterocycles. The van der Waals surface area contributed by atoms with E-state index < -0.39 is 5.60 Å². The van der Waals surface area contributed by atoms with Crippen molar-refractivity contribution in [3.8, 4) is 0 Å². The van der Waals surface area contributed by atoms with Crippen molar-refractivity contribution in [1.82, 2.24) is 0 Å². The molecule has 11 heavy (non-hydrogen) atoms. The fourth-order valence-electron chi connectivity index (χ4n) is 1.13. The molecule has 0 radical (unpaired) electrons. The lowest BCUT2D eigenvalue weighted by molar-refractivity contribution is -0.100. The third-order valence-electron chi connectivity index (χ3n) is 2.09. The van der Waals surface area contributed by atoms with Crippen LogP contribution in [0.15, 0.2) is 0 Å². The Morgan fingerprint density at radius 2 is 2.09 bits per heavy atom. The van der Waals surface area contributed by atoms with Crippen molar-refractivity contribution < 1.29 is 14.6 Å². The molecule has 3 nitrogen and oxygen atoms in total. The summed E-state index contributed by atoms with van der Waals surface area (Å²) in [5, 5.41) is 9.54. The second-order valence-corrected chi connectivity index (χ2v) is 3.12. The lowest BCUT2D eigenvalue weighted by Gasteiger charge is -2.36. The number of aliphatic hydroxyl groups is 1. The summed E-state index contributed by atoms with van der Waals surface area (Å²) in [5.74, 6) is 0. The Hall–Kier alpha value is -0.120. The monoisotopic (exact) mass is 160 g/mol. The molecular formula is C8H16O3. The highest BCUT2D eigenvalue weighted by molar-refractivity contribution is 4.86. The normalized spacial score (nSPS) is 21.3. The summed E-state index contributed by atoms with van der Waals surface area (Å²) in [6.07, 6.45) is 2.91. The van der Waals surface area contributed by atoms with Gasteiger partial charge in [-0.3, -0.25) is 0 Å². The van der Waals surface area contributed by atoms with Crippen molar-refractivity contribution in [2.75, 3.05) is 26.9 Å². The van der Waals surface area contributed by atoms with Gasteiger partial charge in [-0.1, -0.05) is 0 Å². The maximum absolute atomic E-state index is 9.54. The summed E-state index contributed by atoms with van der Waals surface area (Å²) in [6, 6.07) is 0. The zero-order chi connectivity index (χ0) is 8.16. The van der Waals surface area contributed by atoms with Crippen LogP contribution in [0, 0.1) is 0 Å². The Balaban J connectivity index is 1.94. The standard InChI is InChI=1S/C8H16O3/c1-10-5-6-11-7-8(9)3-2-4-8/h9H,2-7H2,1H3. The molecule has 0 heterocycles. The third kappa shape index (κ3) is 2.77. The van der Waals surface area contributed by atoms with E-state index in [-0.39, 0.29) is 0 Å². The molecule has 0 saturated heterocycles. The van der Waals surface area contributed by atoms with Crippen LogP contribution in [-0.2, 0) is 9.47 Å². The van der Waals surface area contributed by atoms with Gasteiger partial charge in [0.15, 0.2) is 0 Å². The Kier molecular flexibility index (Phi) is 3.30. The first-order chi connectivity index (χ1) is 5.27. The Bertz CT molecular complexity index is 110. The molecule has 0 aliphatic heterocycles. The molecule has 3 heteroatoms. The zero-order valence-corrected chi connectivity index (χ0v) is 7.01. The van der Waals surface area contributed by atoms with Crippen LogP contribution in [0.5, 0.6) is 0 Å². The van der Waals surface area contributed by atoms with E-state index in [9.17, 15) is 5.11 Å². The van der Waals surface area contributed by atoms with Crippen LogP contribution in [0.2, 0.25) is 0 Å². The minimum absolute atomic E-state index is 0.469. The van der Waals surface area contributed by atoms with Crippen LogP contribution in [0.3, 0.4) is 0 Å². The minimum atomic E-state index is -0.506. The summed E-state index contributed by atoms with van der Waals surface area (Å²) < 4.78 is 10.0. The molecule has 0 amide bonds. The minimum Gasteiger partial charge on any atom is -0.387 e. The first-order valence-corrected chi connectivity index (χ1v) is 4.06. The summed E-state index contributed by atoms with van der Waals surface area (Å²) in [4.78, 5) is 0. The second kappa shape index (κ2) is 4.04. The van der Waals surface area contributed by atoms with Crippen molar-refractivity contribution in [3.05, 3.63) is 0 Å². The maximum atomic E-state index is 9.54. The van der Waals surface area contributed by atoms with Crippen LogP contribution < -0.4 is 0 Å². The highest BCUT2D eigenvalue weighted by Crippen LogP contribution is 2.31. The van der Waals surface area contributed by atoms with Crippen molar-refractivity contribution in [3.63, 3.8) is 0 Å². The van der Waals surface area contributed by atoms with E-state index in [0.717, 1.165) is 19.3 Å². The lowest BCUT2D eigenvalue weighted by atomic mass is 9.81. The fourth-order valence-corrected chi connectivity index (χ4v) is 1.13. The number of rotatable bonds is 5. The van der Waals surface area contributed by atoms with Gasteiger partial charge in [-0.05, 0) is 19.3 Å². The molecule has 0 aromatic rings. The van der Waals surface area contributed by atoms with Gasteiger partial charge in [-0.2, -0.15) is 0 Å². The molecule has 1 saturated carbocycles. The molecule has 0 aromatic carbocycles. The van der Waals surface area contributed by atoms with E-state index in [0.29, 0.717) is 19.8 Å². The van der Waals surface area contributed by atoms with Crippen LogP contribution in [0.1, 0.15) is 19.3 Å². The van der Waals surface area contributed by atoms with E-state index in [2.05, 4.69) is 0 Å². The molecule has 0 spiro atoms. The molecule has 1 aliphatic carbocycles. The van der Waals surface area contributed by atoms with Crippen LogP contribution >= 0.6 is 0 Å². The number of methoxy groups -OCH3 is 1. The molecule has 1 fully saturated rings. The third-order valence-corrected chi connectivity index (χ3v) is 2.09. The Morgan fingerprint density at radius 3 is 2.55 bits per heavy atom. The quantitative estimate of drug-likeness (QED) is 0.597. The van der Waals surface area contributed by atoms with Gasteiger partial charge in [0, 0.05) is 7.11 Å². The van der Waals surface area contributed by atoms with Crippen LogP contribution in [0.25, 0.3) is 0 Å². The topological polar surface area (TPSA) is 38.7 Å². The first-order valence-electron chi connectivity index (χ1n) is 4.06. The van der Waals surface area contributed by atoms with E-state index in [4.69, 9.17) is 9.47 Å².